The first-order valence-corrected chi connectivity index (χ1v) is 10.2. The number of benzene rings is 3. The Kier molecular flexibility index (Phi) is 5.88. The minimum absolute atomic E-state index is 0.188. The highest BCUT2D eigenvalue weighted by Gasteiger charge is 2.25. The molecule has 4 rings (SSSR count). The largest absolute Gasteiger partial charge is 0.493 e. The second-order valence-electron chi connectivity index (χ2n) is 7.67. The van der Waals surface area contributed by atoms with Crippen molar-refractivity contribution >= 4 is 21.5 Å². The molecule has 0 radical (unpaired) electrons. The van der Waals surface area contributed by atoms with E-state index >= 15 is 0 Å². The molecule has 1 saturated heterocycles. The average molecular weight is 411 g/mol. The van der Waals surface area contributed by atoms with Gasteiger partial charge in [-0.05, 0) is 76.8 Å². The lowest BCUT2D eigenvalue weighted by atomic mass is 9.95. The monoisotopic (exact) mass is 411 g/mol. The van der Waals surface area contributed by atoms with Crippen molar-refractivity contribution in [2.45, 2.75) is 25.4 Å². The van der Waals surface area contributed by atoms with Gasteiger partial charge in [-0.25, -0.2) is 0 Å². The number of hydrogen-bond acceptors (Lipinski definition) is 6. The van der Waals surface area contributed by atoms with E-state index in [1.54, 1.807) is 28.4 Å². The van der Waals surface area contributed by atoms with Crippen LogP contribution >= 0.6 is 0 Å². The van der Waals surface area contributed by atoms with Gasteiger partial charge in [0.2, 0.25) is 0 Å². The van der Waals surface area contributed by atoms with Crippen LogP contribution in [0.4, 0.5) is 0 Å². The zero-order valence-corrected chi connectivity index (χ0v) is 18.0. The number of rotatable bonds is 7. The fourth-order valence-corrected chi connectivity index (χ4v) is 4.54. The average Bonchev–Trinajstić information content (AvgIpc) is 3.24. The number of aliphatic hydroxyl groups is 1. The highest BCUT2D eigenvalue weighted by molar-refractivity contribution is 6.11. The highest BCUT2D eigenvalue weighted by atomic mass is 16.5. The van der Waals surface area contributed by atoms with Gasteiger partial charge in [0.1, 0.15) is 0 Å². The molecule has 0 bridgehead atoms. The lowest BCUT2D eigenvalue weighted by molar-refractivity contribution is 0.154. The van der Waals surface area contributed by atoms with E-state index < -0.39 is 0 Å². The minimum atomic E-state index is 0.188. The first-order chi connectivity index (χ1) is 14.6. The van der Waals surface area contributed by atoms with Crippen molar-refractivity contribution < 1.29 is 24.1 Å². The summed E-state index contributed by atoms with van der Waals surface area (Å²) in [5.41, 5.74) is 1.19. The maximum atomic E-state index is 9.77. The van der Waals surface area contributed by atoms with Crippen LogP contribution in [0, 0.1) is 0 Å². The molecule has 1 heterocycles. The van der Waals surface area contributed by atoms with Crippen molar-refractivity contribution in [1.82, 2.24) is 4.90 Å². The molecule has 0 spiro atoms. The fraction of sp³-hybridized carbons (Fsp3) is 0.417. The van der Waals surface area contributed by atoms with Crippen molar-refractivity contribution in [3.63, 3.8) is 0 Å². The van der Waals surface area contributed by atoms with Gasteiger partial charge in [0.25, 0.3) is 0 Å². The van der Waals surface area contributed by atoms with Crippen LogP contribution in [0.2, 0.25) is 0 Å². The van der Waals surface area contributed by atoms with E-state index in [2.05, 4.69) is 11.0 Å². The van der Waals surface area contributed by atoms with Gasteiger partial charge in [-0.1, -0.05) is 0 Å². The number of fused-ring (bicyclic) bond motifs is 3. The van der Waals surface area contributed by atoms with E-state index in [1.165, 1.54) is 5.56 Å². The number of hydrogen-bond donors (Lipinski definition) is 1. The van der Waals surface area contributed by atoms with Crippen molar-refractivity contribution in [1.29, 1.82) is 0 Å². The van der Waals surface area contributed by atoms with E-state index in [0.717, 1.165) is 47.5 Å². The molecule has 1 aliphatic rings. The van der Waals surface area contributed by atoms with Crippen LogP contribution in [0.3, 0.4) is 0 Å². The molecular weight excluding hydrogens is 382 g/mol. The van der Waals surface area contributed by atoms with Crippen LogP contribution in [0.5, 0.6) is 23.0 Å². The molecule has 0 aliphatic carbocycles. The van der Waals surface area contributed by atoms with Crippen LogP contribution in [-0.4, -0.2) is 57.6 Å². The van der Waals surface area contributed by atoms with Crippen LogP contribution in [0.15, 0.2) is 30.3 Å². The Balaban J connectivity index is 1.98. The van der Waals surface area contributed by atoms with Crippen molar-refractivity contribution in [2.24, 2.45) is 0 Å². The van der Waals surface area contributed by atoms with E-state index in [1.807, 2.05) is 24.3 Å². The van der Waals surface area contributed by atoms with Gasteiger partial charge in [-0.15, -0.1) is 0 Å². The maximum Gasteiger partial charge on any atom is 0.161 e. The third-order valence-electron chi connectivity index (χ3n) is 6.13. The summed E-state index contributed by atoms with van der Waals surface area (Å²) in [5, 5.41) is 14.1. The molecule has 160 valence electrons. The van der Waals surface area contributed by atoms with Crippen LogP contribution in [0.1, 0.15) is 18.4 Å². The van der Waals surface area contributed by atoms with Gasteiger partial charge in [0.05, 0.1) is 35.0 Å². The lowest BCUT2D eigenvalue weighted by Crippen LogP contribution is -2.31. The van der Waals surface area contributed by atoms with Gasteiger partial charge >= 0.3 is 0 Å². The molecule has 3 aromatic rings. The third-order valence-corrected chi connectivity index (χ3v) is 6.13. The van der Waals surface area contributed by atoms with Gasteiger partial charge in [0.15, 0.2) is 23.0 Å². The molecule has 30 heavy (non-hydrogen) atoms. The Morgan fingerprint density at radius 2 is 1.37 bits per heavy atom. The molecule has 0 unspecified atom stereocenters. The molecule has 0 saturated carbocycles. The Bertz CT molecular complexity index is 1060. The minimum Gasteiger partial charge on any atom is -0.493 e. The maximum absolute atomic E-state index is 9.77. The predicted molar refractivity (Wildman–Crippen MR) is 118 cm³/mol. The Morgan fingerprint density at radius 3 is 1.97 bits per heavy atom. The second kappa shape index (κ2) is 8.58. The molecule has 1 N–H and O–H groups in total. The molecule has 3 aromatic carbocycles. The van der Waals surface area contributed by atoms with Crippen LogP contribution in [-0.2, 0) is 6.54 Å². The SMILES string of the molecule is COc1cc2cc(CN3CCC[C@H]3CO)c3cc(OC)c(OC)cc3c2cc1OC. The first kappa shape index (κ1) is 20.6. The first-order valence-electron chi connectivity index (χ1n) is 10.2. The van der Waals surface area contributed by atoms with E-state index in [0.29, 0.717) is 23.0 Å². The summed E-state index contributed by atoms with van der Waals surface area (Å²) in [4.78, 5) is 2.36. The molecule has 1 atom stereocenters. The summed E-state index contributed by atoms with van der Waals surface area (Å²) in [7, 11) is 6.60. The summed E-state index contributed by atoms with van der Waals surface area (Å²) in [6.07, 6.45) is 2.14. The topological polar surface area (TPSA) is 60.4 Å². The summed E-state index contributed by atoms with van der Waals surface area (Å²) < 4.78 is 22.2. The zero-order chi connectivity index (χ0) is 21.3. The molecular formula is C24H29NO5. The van der Waals surface area contributed by atoms with E-state index in [9.17, 15) is 5.11 Å². The van der Waals surface area contributed by atoms with E-state index in [4.69, 9.17) is 18.9 Å². The Morgan fingerprint density at radius 1 is 0.800 bits per heavy atom. The summed E-state index contributed by atoms with van der Waals surface area (Å²) in [6.45, 7) is 1.94. The van der Waals surface area contributed by atoms with E-state index in [-0.39, 0.29) is 12.6 Å². The van der Waals surface area contributed by atoms with Gasteiger partial charge in [0, 0.05) is 12.6 Å². The van der Waals surface area contributed by atoms with Crippen molar-refractivity contribution in [2.75, 3.05) is 41.6 Å². The van der Waals surface area contributed by atoms with Crippen LogP contribution in [0.25, 0.3) is 21.5 Å². The van der Waals surface area contributed by atoms with Gasteiger partial charge in [-0.3, -0.25) is 4.90 Å². The number of nitrogens with zero attached hydrogens (tertiary/aromatic N) is 1. The Hall–Kier alpha value is -2.70. The number of aliphatic hydroxyl groups excluding tert-OH is 1. The highest BCUT2D eigenvalue weighted by Crippen LogP contribution is 2.41. The second-order valence-corrected chi connectivity index (χ2v) is 7.67. The number of methoxy groups -OCH3 is 4. The molecule has 1 fully saturated rings. The normalized spacial score (nSPS) is 16.9. The summed E-state index contributed by atoms with van der Waals surface area (Å²) in [6, 6.07) is 10.5. The standard InChI is InChI=1S/C24H29NO5/c1-27-21-9-15-8-16(13-25-7-5-6-17(25)14-26)19-11-23(29-3)24(30-4)12-20(19)18(15)10-22(21)28-2/h8-12,17,26H,5-7,13-14H2,1-4H3/t17-/m0/s1. The molecule has 6 heteroatoms. The van der Waals surface area contributed by atoms with Gasteiger partial charge < -0.3 is 24.1 Å². The quantitative estimate of drug-likeness (QED) is 0.594. The van der Waals surface area contributed by atoms with Crippen molar-refractivity contribution in [3.8, 4) is 23.0 Å². The smallest absolute Gasteiger partial charge is 0.161 e. The fourth-order valence-electron chi connectivity index (χ4n) is 4.54. The lowest BCUT2D eigenvalue weighted by Gasteiger charge is -2.24. The van der Waals surface area contributed by atoms with Gasteiger partial charge in [-0.2, -0.15) is 0 Å². The molecule has 6 nitrogen and oxygen atoms in total. The Labute approximate surface area is 176 Å². The molecule has 0 amide bonds. The number of ether oxygens (including phenoxy) is 4. The zero-order valence-electron chi connectivity index (χ0n) is 18.0. The molecule has 0 aromatic heterocycles. The summed E-state index contributed by atoms with van der Waals surface area (Å²) in [5.74, 6) is 2.78. The number of likely N-dealkylation sites (tertiary alicyclic amines) is 1. The van der Waals surface area contributed by atoms with Crippen molar-refractivity contribution in [3.05, 3.63) is 35.9 Å². The third kappa shape index (κ3) is 3.50. The molecule has 1 aliphatic heterocycles. The summed E-state index contributed by atoms with van der Waals surface area (Å²) >= 11 is 0. The predicted octanol–water partition coefficient (Wildman–Crippen LogP) is 3.98. The van der Waals surface area contributed by atoms with Crippen LogP contribution < -0.4 is 18.9 Å².